The van der Waals surface area contributed by atoms with Gasteiger partial charge >= 0.3 is 0 Å². The number of hydrogen-bond acceptors (Lipinski definition) is 6. The van der Waals surface area contributed by atoms with Gasteiger partial charge < -0.3 is 0 Å². The van der Waals surface area contributed by atoms with E-state index in [1.54, 1.807) is 0 Å². The SMILES string of the molecule is C[N+](C)=C/C=C(\N=C=S)c1ccccc1.[O-][Cl+3]([O-])([O-])[O-]. The highest BCUT2D eigenvalue weighted by atomic mass is 35.7. The van der Waals surface area contributed by atoms with Gasteiger partial charge in [0, 0.05) is 11.6 Å². The molecule has 0 N–H and O–H groups in total. The summed E-state index contributed by atoms with van der Waals surface area (Å²) in [5, 5.41) is 2.39. The van der Waals surface area contributed by atoms with Gasteiger partial charge in [0.15, 0.2) is 6.21 Å². The van der Waals surface area contributed by atoms with Gasteiger partial charge in [0.1, 0.15) is 14.1 Å². The lowest BCUT2D eigenvalue weighted by Crippen LogP contribution is -2.68. The van der Waals surface area contributed by atoms with Gasteiger partial charge in [-0.25, -0.2) is 23.2 Å². The van der Waals surface area contributed by atoms with E-state index in [0.29, 0.717) is 0 Å². The Morgan fingerprint density at radius 2 is 1.70 bits per heavy atom. The molecule has 0 aliphatic rings. The minimum atomic E-state index is -4.94. The van der Waals surface area contributed by atoms with E-state index in [1.807, 2.05) is 61.3 Å². The van der Waals surface area contributed by atoms with Crippen LogP contribution in [0.3, 0.4) is 0 Å². The number of aliphatic imine (C=N–C) groups is 1. The predicted molar refractivity (Wildman–Crippen MR) is 67.6 cm³/mol. The van der Waals surface area contributed by atoms with Crippen molar-refractivity contribution < 1.29 is 33.5 Å². The molecule has 6 nitrogen and oxygen atoms in total. The van der Waals surface area contributed by atoms with E-state index in [-0.39, 0.29) is 0 Å². The van der Waals surface area contributed by atoms with Gasteiger partial charge in [-0.1, -0.05) is 30.3 Å². The summed E-state index contributed by atoms with van der Waals surface area (Å²) in [7, 11) is -1.03. The molecule has 0 heterocycles. The quantitative estimate of drug-likeness (QED) is 0.354. The average molecular weight is 317 g/mol. The zero-order chi connectivity index (χ0) is 15.6. The van der Waals surface area contributed by atoms with Gasteiger partial charge in [-0.15, -0.1) is 10.2 Å². The normalized spacial score (nSPS) is 10.8. The number of halogens is 1. The molecule has 1 aromatic rings. The first-order valence-corrected chi connectivity index (χ1v) is 6.85. The number of hydrogen-bond donors (Lipinski definition) is 0. The first-order chi connectivity index (χ1) is 9.24. The van der Waals surface area contributed by atoms with Gasteiger partial charge in [0.25, 0.3) is 0 Å². The summed E-state index contributed by atoms with van der Waals surface area (Å²) in [5.41, 5.74) is 1.85. The zero-order valence-corrected chi connectivity index (χ0v) is 12.4. The van der Waals surface area contributed by atoms with Crippen molar-refractivity contribution in [3.8, 4) is 0 Å². The topological polar surface area (TPSA) is 108 Å². The minimum Gasteiger partial charge on any atom is -0.241 e. The molecule has 1 aromatic carbocycles. The third-order valence-corrected chi connectivity index (χ3v) is 1.86. The summed E-state index contributed by atoms with van der Waals surface area (Å²) in [4.78, 5) is 4.03. The molecule has 0 saturated carbocycles. The first-order valence-electron chi connectivity index (χ1n) is 5.20. The Bertz CT molecular complexity index is 510. The van der Waals surface area contributed by atoms with Crippen molar-refractivity contribution in [1.82, 2.24) is 0 Å². The number of thiocarbonyl (C=S) groups is 1. The molecule has 0 bridgehead atoms. The fraction of sp³-hybridized carbons (Fsp3) is 0.167. The molecule has 0 aromatic heterocycles. The molecule has 0 aliphatic heterocycles. The molecule has 20 heavy (non-hydrogen) atoms. The van der Waals surface area contributed by atoms with Crippen molar-refractivity contribution in [1.29, 1.82) is 0 Å². The van der Waals surface area contributed by atoms with Gasteiger partial charge in [-0.05, 0) is 12.2 Å². The highest BCUT2D eigenvalue weighted by Gasteiger charge is 1.97. The van der Waals surface area contributed by atoms with Crippen LogP contribution in [-0.4, -0.2) is 30.0 Å². The molecular formula is C12H13ClN2O4S. The third-order valence-electron chi connectivity index (χ3n) is 1.77. The van der Waals surface area contributed by atoms with Crippen LogP contribution in [0.2, 0.25) is 0 Å². The second kappa shape index (κ2) is 9.46. The maximum absolute atomic E-state index is 8.49. The van der Waals surface area contributed by atoms with E-state index in [0.717, 1.165) is 11.3 Å². The largest absolute Gasteiger partial charge is 0.241 e. The monoisotopic (exact) mass is 316 g/mol. The number of nitrogens with zero attached hydrogens (tertiary/aromatic N) is 2. The molecule has 0 fully saturated rings. The maximum atomic E-state index is 8.49. The Morgan fingerprint density at radius 3 is 2.10 bits per heavy atom. The van der Waals surface area contributed by atoms with Gasteiger partial charge in [0.05, 0.1) is 10.9 Å². The molecular weight excluding hydrogens is 304 g/mol. The maximum Gasteiger partial charge on any atom is 0.165 e. The molecule has 108 valence electrons. The lowest BCUT2D eigenvalue weighted by atomic mass is 10.1. The minimum absolute atomic E-state index is 0.819. The summed E-state index contributed by atoms with van der Waals surface area (Å²) < 4.78 is 35.9. The molecule has 1 rings (SSSR count). The van der Waals surface area contributed by atoms with Crippen LogP contribution in [0.1, 0.15) is 5.56 Å². The molecule has 8 heteroatoms. The molecule has 0 atom stereocenters. The van der Waals surface area contributed by atoms with E-state index in [2.05, 4.69) is 22.4 Å². The second-order valence-corrected chi connectivity index (χ2v) is 4.55. The first kappa shape index (κ1) is 18.6. The Balaban J connectivity index is 0.000000621. The predicted octanol–water partition coefficient (Wildman–Crippen LogP) is -2.28. The van der Waals surface area contributed by atoms with Crippen LogP contribution in [0.25, 0.3) is 5.70 Å². The molecule has 0 amide bonds. The summed E-state index contributed by atoms with van der Waals surface area (Å²) >= 11 is 4.62. The second-order valence-electron chi connectivity index (χ2n) is 3.61. The van der Waals surface area contributed by atoms with Crippen LogP contribution in [0.5, 0.6) is 0 Å². The van der Waals surface area contributed by atoms with E-state index in [4.69, 9.17) is 18.6 Å². The van der Waals surface area contributed by atoms with E-state index < -0.39 is 10.2 Å². The standard InChI is InChI=1S/C12H13N2S.ClHO4/c1-14(2)9-8-12(13-10-15)11-6-4-3-5-7-11;2-1(3,4)5/h3-9H,1-2H3;(H,2,3,4,5)/q+1;/p-1. The fourth-order valence-corrected chi connectivity index (χ4v) is 1.17. The van der Waals surface area contributed by atoms with Crippen LogP contribution < -0.4 is 18.6 Å². The van der Waals surface area contributed by atoms with Crippen molar-refractivity contribution in [3.63, 3.8) is 0 Å². The third kappa shape index (κ3) is 11.6. The fourth-order valence-electron chi connectivity index (χ4n) is 1.08. The molecule has 0 unspecified atom stereocenters. The Hall–Kier alpha value is -1.44. The smallest absolute Gasteiger partial charge is 0.165 e. The molecule has 0 radical (unpaired) electrons. The number of isothiocyanates is 1. The van der Waals surface area contributed by atoms with Crippen LogP contribution in [-0.2, 0) is 0 Å². The Morgan fingerprint density at radius 1 is 1.20 bits per heavy atom. The molecule has 0 saturated heterocycles. The van der Waals surface area contributed by atoms with Crippen molar-refractivity contribution in [2.24, 2.45) is 4.99 Å². The Labute approximate surface area is 124 Å². The highest BCUT2D eigenvalue weighted by molar-refractivity contribution is 7.78. The summed E-state index contributed by atoms with van der Waals surface area (Å²) in [6, 6.07) is 9.89. The van der Waals surface area contributed by atoms with Crippen molar-refractivity contribution in [3.05, 3.63) is 42.0 Å². The summed E-state index contributed by atoms with van der Waals surface area (Å²) in [6.07, 6.45) is 3.84. The van der Waals surface area contributed by atoms with Crippen LogP contribution in [0, 0.1) is 10.2 Å². The van der Waals surface area contributed by atoms with Gasteiger partial charge in [0.2, 0.25) is 0 Å². The van der Waals surface area contributed by atoms with Gasteiger partial charge in [-0.2, -0.15) is 4.99 Å². The summed E-state index contributed by atoms with van der Waals surface area (Å²) in [5.74, 6) is 0. The number of allylic oxidation sites excluding steroid dienone is 1. The van der Waals surface area contributed by atoms with Crippen LogP contribution in [0.15, 0.2) is 41.4 Å². The summed E-state index contributed by atoms with van der Waals surface area (Å²) in [6.45, 7) is 0. The van der Waals surface area contributed by atoms with Crippen molar-refractivity contribution in [2.45, 2.75) is 0 Å². The zero-order valence-electron chi connectivity index (χ0n) is 10.9. The highest BCUT2D eigenvalue weighted by Crippen LogP contribution is 2.13. The van der Waals surface area contributed by atoms with E-state index >= 15 is 0 Å². The average Bonchev–Trinajstić information content (AvgIpc) is 2.33. The lowest BCUT2D eigenvalue weighted by molar-refractivity contribution is -2.00. The van der Waals surface area contributed by atoms with Gasteiger partial charge in [-0.3, -0.25) is 0 Å². The molecule has 0 aliphatic carbocycles. The van der Waals surface area contributed by atoms with Crippen LogP contribution >= 0.6 is 12.2 Å². The van der Waals surface area contributed by atoms with Crippen LogP contribution in [0.4, 0.5) is 0 Å². The Kier molecular flexibility index (Phi) is 8.78. The lowest BCUT2D eigenvalue weighted by Gasteiger charge is -2.17. The van der Waals surface area contributed by atoms with E-state index in [1.165, 1.54) is 0 Å². The molecule has 0 spiro atoms. The number of rotatable bonds is 3. The van der Waals surface area contributed by atoms with Crippen molar-refractivity contribution >= 4 is 29.3 Å². The number of benzene rings is 1. The van der Waals surface area contributed by atoms with E-state index in [9.17, 15) is 0 Å². The van der Waals surface area contributed by atoms with Crippen molar-refractivity contribution in [2.75, 3.05) is 14.1 Å².